The summed E-state index contributed by atoms with van der Waals surface area (Å²) in [5.41, 5.74) is 5.03. The molecule has 0 unspecified atom stereocenters. The SMILES string of the molecule is C=C(C)C1=C(/C=C/C=C/c2ccccc2)CN(S(=O)(=O)c2ccc(C)cc2)C1. The van der Waals surface area contributed by atoms with E-state index in [0.29, 0.717) is 18.0 Å². The van der Waals surface area contributed by atoms with Crippen molar-refractivity contribution in [2.45, 2.75) is 18.7 Å². The van der Waals surface area contributed by atoms with Gasteiger partial charge < -0.3 is 0 Å². The van der Waals surface area contributed by atoms with Gasteiger partial charge in [0, 0.05) is 13.1 Å². The first kappa shape index (κ1) is 20.1. The second-order valence-corrected chi connectivity index (χ2v) is 8.94. The van der Waals surface area contributed by atoms with Crippen LogP contribution >= 0.6 is 0 Å². The van der Waals surface area contributed by atoms with Gasteiger partial charge in [-0.1, -0.05) is 84.5 Å². The molecule has 0 atom stereocenters. The van der Waals surface area contributed by atoms with Gasteiger partial charge in [-0.15, -0.1) is 0 Å². The van der Waals surface area contributed by atoms with Gasteiger partial charge in [0.25, 0.3) is 0 Å². The molecule has 144 valence electrons. The van der Waals surface area contributed by atoms with Crippen molar-refractivity contribution in [2.75, 3.05) is 13.1 Å². The Morgan fingerprint density at radius 2 is 1.61 bits per heavy atom. The van der Waals surface area contributed by atoms with Gasteiger partial charge in [0.15, 0.2) is 0 Å². The van der Waals surface area contributed by atoms with E-state index in [1.54, 1.807) is 12.1 Å². The Morgan fingerprint density at radius 1 is 0.964 bits per heavy atom. The first-order valence-electron chi connectivity index (χ1n) is 9.22. The van der Waals surface area contributed by atoms with E-state index in [-0.39, 0.29) is 0 Å². The molecule has 0 bridgehead atoms. The summed E-state index contributed by atoms with van der Waals surface area (Å²) >= 11 is 0. The third-order valence-electron chi connectivity index (χ3n) is 4.74. The molecule has 28 heavy (non-hydrogen) atoms. The maximum atomic E-state index is 13.0. The highest BCUT2D eigenvalue weighted by Crippen LogP contribution is 2.29. The summed E-state index contributed by atoms with van der Waals surface area (Å²) in [4.78, 5) is 0.327. The van der Waals surface area contributed by atoms with Crippen LogP contribution in [0, 0.1) is 6.92 Å². The number of hydrogen-bond acceptors (Lipinski definition) is 2. The van der Waals surface area contributed by atoms with E-state index in [1.165, 1.54) is 4.31 Å². The van der Waals surface area contributed by atoms with Crippen molar-refractivity contribution in [1.29, 1.82) is 0 Å². The number of rotatable bonds is 6. The van der Waals surface area contributed by atoms with Crippen molar-refractivity contribution < 1.29 is 8.42 Å². The van der Waals surface area contributed by atoms with Crippen LogP contribution in [-0.2, 0) is 10.0 Å². The van der Waals surface area contributed by atoms with Gasteiger partial charge in [0.2, 0.25) is 10.0 Å². The molecule has 3 rings (SSSR count). The quantitative estimate of drug-likeness (QED) is 0.639. The minimum Gasteiger partial charge on any atom is -0.207 e. The molecule has 0 fully saturated rings. The Kier molecular flexibility index (Phi) is 6.12. The summed E-state index contributed by atoms with van der Waals surface area (Å²) in [7, 11) is -3.53. The summed E-state index contributed by atoms with van der Waals surface area (Å²) in [6.45, 7) is 8.61. The number of benzene rings is 2. The lowest BCUT2D eigenvalue weighted by atomic mass is 10.1. The Morgan fingerprint density at radius 3 is 2.25 bits per heavy atom. The fourth-order valence-electron chi connectivity index (χ4n) is 3.11. The van der Waals surface area contributed by atoms with Crippen molar-refractivity contribution in [1.82, 2.24) is 4.31 Å². The minimum atomic E-state index is -3.53. The molecule has 0 amide bonds. The predicted molar refractivity (Wildman–Crippen MR) is 116 cm³/mol. The Labute approximate surface area is 168 Å². The Hall–Kier alpha value is -2.69. The lowest BCUT2D eigenvalue weighted by Crippen LogP contribution is -2.29. The fraction of sp³-hybridized carbons (Fsp3) is 0.167. The van der Waals surface area contributed by atoms with Crippen LogP contribution < -0.4 is 0 Å². The molecule has 3 nitrogen and oxygen atoms in total. The molecule has 0 spiro atoms. The van der Waals surface area contributed by atoms with Gasteiger partial charge in [0.1, 0.15) is 0 Å². The van der Waals surface area contributed by atoms with Gasteiger partial charge in [-0.3, -0.25) is 0 Å². The Bertz CT molecular complexity index is 1040. The highest BCUT2D eigenvalue weighted by atomic mass is 32.2. The fourth-order valence-corrected chi connectivity index (χ4v) is 4.50. The van der Waals surface area contributed by atoms with Gasteiger partial charge in [-0.05, 0) is 42.7 Å². The summed E-state index contributed by atoms with van der Waals surface area (Å²) < 4.78 is 27.5. The van der Waals surface area contributed by atoms with Crippen LogP contribution in [0.2, 0.25) is 0 Å². The molecule has 0 aromatic heterocycles. The van der Waals surface area contributed by atoms with Gasteiger partial charge in [0.05, 0.1) is 4.90 Å². The van der Waals surface area contributed by atoms with Crippen molar-refractivity contribution in [3.63, 3.8) is 0 Å². The van der Waals surface area contributed by atoms with E-state index in [0.717, 1.165) is 27.8 Å². The van der Waals surface area contributed by atoms with E-state index in [4.69, 9.17) is 0 Å². The average molecular weight is 392 g/mol. The molecule has 0 N–H and O–H groups in total. The molecule has 2 aromatic rings. The Balaban J connectivity index is 1.78. The molecule has 0 saturated heterocycles. The monoisotopic (exact) mass is 391 g/mol. The molecule has 1 aliphatic rings. The van der Waals surface area contributed by atoms with Crippen LogP contribution in [0.5, 0.6) is 0 Å². The highest BCUT2D eigenvalue weighted by molar-refractivity contribution is 7.89. The topological polar surface area (TPSA) is 37.4 Å². The van der Waals surface area contributed by atoms with E-state index < -0.39 is 10.0 Å². The van der Waals surface area contributed by atoms with Crippen LogP contribution in [0.1, 0.15) is 18.1 Å². The van der Waals surface area contributed by atoms with Crippen LogP contribution in [0.4, 0.5) is 0 Å². The van der Waals surface area contributed by atoms with Crippen molar-refractivity contribution >= 4 is 16.1 Å². The molecule has 4 heteroatoms. The van der Waals surface area contributed by atoms with Crippen LogP contribution in [0.3, 0.4) is 0 Å². The smallest absolute Gasteiger partial charge is 0.207 e. The van der Waals surface area contributed by atoms with Crippen molar-refractivity contribution in [2.24, 2.45) is 0 Å². The molecule has 0 radical (unpaired) electrons. The number of allylic oxidation sites excluding steroid dienone is 2. The summed E-state index contributed by atoms with van der Waals surface area (Å²) in [5.74, 6) is 0. The predicted octanol–water partition coefficient (Wildman–Crippen LogP) is 5.14. The van der Waals surface area contributed by atoms with Crippen LogP contribution in [-0.4, -0.2) is 25.8 Å². The largest absolute Gasteiger partial charge is 0.243 e. The van der Waals surface area contributed by atoms with E-state index in [9.17, 15) is 8.42 Å². The number of nitrogens with zero attached hydrogens (tertiary/aromatic N) is 1. The van der Waals surface area contributed by atoms with Gasteiger partial charge in [-0.25, -0.2) is 8.42 Å². The minimum absolute atomic E-state index is 0.327. The van der Waals surface area contributed by atoms with Crippen molar-refractivity contribution in [3.05, 3.63) is 107 Å². The second-order valence-electron chi connectivity index (χ2n) is 7.00. The van der Waals surface area contributed by atoms with E-state index in [2.05, 4.69) is 6.58 Å². The third kappa shape index (κ3) is 4.58. The zero-order chi connectivity index (χ0) is 20.1. The summed E-state index contributed by atoms with van der Waals surface area (Å²) in [6.07, 6.45) is 7.92. The molecular formula is C24H25NO2S. The first-order chi connectivity index (χ1) is 13.4. The van der Waals surface area contributed by atoms with Crippen LogP contribution in [0.15, 0.2) is 101 Å². The van der Waals surface area contributed by atoms with E-state index in [1.807, 2.05) is 80.6 Å². The number of sulfonamides is 1. The third-order valence-corrected chi connectivity index (χ3v) is 6.55. The maximum absolute atomic E-state index is 13.0. The molecule has 0 aliphatic carbocycles. The lowest BCUT2D eigenvalue weighted by Gasteiger charge is -2.17. The average Bonchev–Trinajstić information content (AvgIpc) is 3.12. The molecular weight excluding hydrogens is 366 g/mol. The summed E-state index contributed by atoms with van der Waals surface area (Å²) in [6, 6.07) is 17.0. The molecule has 0 saturated carbocycles. The van der Waals surface area contributed by atoms with Gasteiger partial charge >= 0.3 is 0 Å². The highest BCUT2D eigenvalue weighted by Gasteiger charge is 2.31. The number of aryl methyl sites for hydroxylation is 1. The zero-order valence-corrected chi connectivity index (χ0v) is 17.1. The lowest BCUT2D eigenvalue weighted by molar-refractivity contribution is 0.483. The maximum Gasteiger partial charge on any atom is 0.243 e. The molecule has 2 aromatic carbocycles. The zero-order valence-electron chi connectivity index (χ0n) is 16.3. The standard InChI is InChI=1S/C24H25NO2S/c1-19(2)24-18-25(28(26,27)23-15-13-20(3)14-16-23)17-22(24)12-8-7-11-21-9-5-4-6-10-21/h4-16H,1,17-18H2,2-3H3/b11-7+,12-8+. The van der Waals surface area contributed by atoms with Crippen molar-refractivity contribution in [3.8, 4) is 0 Å². The second kappa shape index (κ2) is 8.55. The molecule has 1 heterocycles. The van der Waals surface area contributed by atoms with Gasteiger partial charge in [-0.2, -0.15) is 4.31 Å². The summed E-state index contributed by atoms with van der Waals surface area (Å²) in [5, 5.41) is 0. The number of hydrogen-bond donors (Lipinski definition) is 0. The molecule has 1 aliphatic heterocycles. The first-order valence-corrected chi connectivity index (χ1v) is 10.7. The van der Waals surface area contributed by atoms with E-state index >= 15 is 0 Å². The normalized spacial score (nSPS) is 15.8. The van der Waals surface area contributed by atoms with Crippen LogP contribution in [0.25, 0.3) is 6.08 Å².